The number of nitro groups is 1. The van der Waals surface area contributed by atoms with Gasteiger partial charge in [-0.05, 0) is 38.5 Å². The number of esters is 1. The number of rotatable bonds is 11. The highest BCUT2D eigenvalue weighted by molar-refractivity contribution is 6.15. The van der Waals surface area contributed by atoms with Gasteiger partial charge in [0.15, 0.2) is 11.5 Å². The van der Waals surface area contributed by atoms with Crippen LogP contribution < -0.4 is 14.2 Å². The summed E-state index contributed by atoms with van der Waals surface area (Å²) in [6, 6.07) is 9.28. The van der Waals surface area contributed by atoms with Crippen LogP contribution in [0.15, 0.2) is 36.4 Å². The van der Waals surface area contributed by atoms with Gasteiger partial charge in [0.1, 0.15) is 17.0 Å². The Balaban J connectivity index is 2.16. The van der Waals surface area contributed by atoms with Crippen molar-refractivity contribution >= 4 is 17.4 Å². The molecule has 190 valence electrons. The fraction of sp³-hybridized carbons (Fsp3) is 0.333. The molecule has 1 aromatic heterocycles. The molecule has 12 heteroatoms. The standard InChI is InChI=1S/C24H26N4O8/c1-6-35-24(30)21-22(27(26-25-21)13-15-7-9-16(33-4)10-8-15)23(29)17-11-19(34-5)20(36-14(2)3)12-18(17)28(31)32/h7-12,14H,6,13H2,1-5H3. The third-order valence-electron chi connectivity index (χ3n) is 5.00. The van der Waals surface area contributed by atoms with Gasteiger partial charge in [-0.15, -0.1) is 5.10 Å². The Morgan fingerprint density at radius 3 is 2.33 bits per heavy atom. The number of nitrogens with zero attached hydrogens (tertiary/aromatic N) is 4. The molecule has 0 radical (unpaired) electrons. The summed E-state index contributed by atoms with van der Waals surface area (Å²) in [6.45, 7) is 5.19. The number of aromatic nitrogens is 3. The van der Waals surface area contributed by atoms with Gasteiger partial charge in [-0.25, -0.2) is 9.48 Å². The van der Waals surface area contributed by atoms with Crippen LogP contribution in [-0.2, 0) is 11.3 Å². The third-order valence-corrected chi connectivity index (χ3v) is 5.00. The van der Waals surface area contributed by atoms with E-state index in [0.717, 1.165) is 11.6 Å². The fourth-order valence-electron chi connectivity index (χ4n) is 3.40. The van der Waals surface area contributed by atoms with Crippen molar-refractivity contribution < 1.29 is 33.5 Å². The zero-order chi connectivity index (χ0) is 26.4. The van der Waals surface area contributed by atoms with Crippen LogP contribution in [-0.4, -0.2) is 58.6 Å². The van der Waals surface area contributed by atoms with E-state index in [9.17, 15) is 19.7 Å². The Labute approximate surface area is 206 Å². The van der Waals surface area contributed by atoms with E-state index < -0.39 is 22.4 Å². The van der Waals surface area contributed by atoms with E-state index in [1.165, 1.54) is 25.0 Å². The van der Waals surface area contributed by atoms with Gasteiger partial charge in [0.05, 0.1) is 44.5 Å². The number of benzene rings is 2. The first-order chi connectivity index (χ1) is 17.2. The largest absolute Gasteiger partial charge is 0.497 e. The molecule has 0 N–H and O–H groups in total. The first kappa shape index (κ1) is 26.1. The smallest absolute Gasteiger partial charge is 0.361 e. The second kappa shape index (κ2) is 11.3. The first-order valence-electron chi connectivity index (χ1n) is 11.0. The predicted molar refractivity (Wildman–Crippen MR) is 127 cm³/mol. The Hall–Kier alpha value is -4.48. The van der Waals surface area contributed by atoms with E-state index in [-0.39, 0.29) is 47.7 Å². The lowest BCUT2D eigenvalue weighted by molar-refractivity contribution is -0.385. The van der Waals surface area contributed by atoms with Crippen molar-refractivity contribution in [3.63, 3.8) is 0 Å². The number of nitro benzene ring substituents is 1. The molecule has 12 nitrogen and oxygen atoms in total. The number of ketones is 1. The lowest BCUT2D eigenvalue weighted by Gasteiger charge is -2.15. The summed E-state index contributed by atoms with van der Waals surface area (Å²) < 4.78 is 22.3. The van der Waals surface area contributed by atoms with E-state index in [1.54, 1.807) is 45.0 Å². The quantitative estimate of drug-likeness (QED) is 0.167. The second-order valence-electron chi connectivity index (χ2n) is 7.79. The van der Waals surface area contributed by atoms with Gasteiger partial charge < -0.3 is 18.9 Å². The van der Waals surface area contributed by atoms with Crippen LogP contribution in [0, 0.1) is 10.1 Å². The molecule has 0 fully saturated rings. The summed E-state index contributed by atoms with van der Waals surface area (Å²) >= 11 is 0. The molecule has 0 spiro atoms. The van der Waals surface area contributed by atoms with Gasteiger partial charge in [-0.2, -0.15) is 0 Å². The molecule has 0 amide bonds. The number of hydrogen-bond donors (Lipinski definition) is 0. The molecule has 0 saturated heterocycles. The maximum atomic E-state index is 13.7. The summed E-state index contributed by atoms with van der Waals surface area (Å²) in [6.07, 6.45) is -0.300. The van der Waals surface area contributed by atoms with Gasteiger partial charge in [0.2, 0.25) is 11.5 Å². The van der Waals surface area contributed by atoms with Crippen molar-refractivity contribution in [3.8, 4) is 17.2 Å². The SMILES string of the molecule is CCOC(=O)c1nnn(Cc2ccc(OC)cc2)c1C(=O)c1cc(OC)c(OC(C)C)cc1[N+](=O)[O-]. The molecular weight excluding hydrogens is 472 g/mol. The molecule has 0 aliphatic heterocycles. The van der Waals surface area contributed by atoms with Crippen LogP contribution >= 0.6 is 0 Å². The number of carbonyl (C=O) groups is 2. The van der Waals surface area contributed by atoms with Crippen LogP contribution in [0.1, 0.15) is 52.9 Å². The van der Waals surface area contributed by atoms with E-state index in [1.807, 2.05) is 0 Å². The molecule has 0 saturated carbocycles. The zero-order valence-electron chi connectivity index (χ0n) is 20.5. The summed E-state index contributed by atoms with van der Waals surface area (Å²) in [5.74, 6) is -0.878. The van der Waals surface area contributed by atoms with Gasteiger partial charge >= 0.3 is 5.97 Å². The topological polar surface area (TPSA) is 145 Å². The second-order valence-corrected chi connectivity index (χ2v) is 7.79. The van der Waals surface area contributed by atoms with Crippen LogP contribution in [0.3, 0.4) is 0 Å². The van der Waals surface area contributed by atoms with E-state index in [4.69, 9.17) is 18.9 Å². The lowest BCUT2D eigenvalue weighted by Crippen LogP contribution is -2.18. The fourth-order valence-corrected chi connectivity index (χ4v) is 3.40. The average Bonchev–Trinajstić information content (AvgIpc) is 3.27. The Kier molecular flexibility index (Phi) is 8.20. The average molecular weight is 498 g/mol. The maximum Gasteiger partial charge on any atom is 0.361 e. The first-order valence-corrected chi connectivity index (χ1v) is 11.0. The molecule has 0 bridgehead atoms. The molecule has 1 heterocycles. The minimum Gasteiger partial charge on any atom is -0.497 e. The summed E-state index contributed by atoms with van der Waals surface area (Å²) in [7, 11) is 2.88. The van der Waals surface area contributed by atoms with Crippen molar-refractivity contribution in [2.75, 3.05) is 20.8 Å². The van der Waals surface area contributed by atoms with E-state index in [2.05, 4.69) is 10.3 Å². The van der Waals surface area contributed by atoms with Gasteiger partial charge in [-0.3, -0.25) is 14.9 Å². The normalized spacial score (nSPS) is 10.7. The molecule has 0 unspecified atom stereocenters. The van der Waals surface area contributed by atoms with Crippen molar-refractivity contribution in [2.45, 2.75) is 33.4 Å². The number of hydrogen-bond acceptors (Lipinski definition) is 10. The van der Waals surface area contributed by atoms with Crippen LogP contribution in [0.5, 0.6) is 17.2 Å². The number of ether oxygens (including phenoxy) is 4. The molecule has 2 aromatic carbocycles. The molecule has 0 atom stereocenters. The number of carbonyl (C=O) groups excluding carboxylic acids is 2. The van der Waals surface area contributed by atoms with Crippen LogP contribution in [0.4, 0.5) is 5.69 Å². The van der Waals surface area contributed by atoms with Crippen molar-refractivity contribution in [1.82, 2.24) is 15.0 Å². The summed E-state index contributed by atoms with van der Waals surface area (Å²) in [5.41, 5.74) is -0.740. The highest BCUT2D eigenvalue weighted by atomic mass is 16.6. The van der Waals surface area contributed by atoms with E-state index in [0.29, 0.717) is 5.75 Å². The Morgan fingerprint density at radius 2 is 1.78 bits per heavy atom. The van der Waals surface area contributed by atoms with Crippen molar-refractivity contribution in [3.05, 3.63) is 69.0 Å². The lowest BCUT2D eigenvalue weighted by atomic mass is 10.0. The van der Waals surface area contributed by atoms with Crippen LogP contribution in [0.2, 0.25) is 0 Å². The number of methoxy groups -OCH3 is 2. The van der Waals surface area contributed by atoms with Crippen molar-refractivity contribution in [1.29, 1.82) is 0 Å². The maximum absolute atomic E-state index is 13.7. The molecule has 3 aromatic rings. The molecular formula is C24H26N4O8. The predicted octanol–water partition coefficient (Wildman–Crippen LogP) is 3.45. The van der Waals surface area contributed by atoms with Gasteiger partial charge in [0, 0.05) is 6.07 Å². The van der Waals surface area contributed by atoms with Gasteiger partial charge in [0.25, 0.3) is 5.69 Å². The Bertz CT molecular complexity index is 1270. The van der Waals surface area contributed by atoms with E-state index >= 15 is 0 Å². The molecule has 0 aliphatic rings. The highest BCUT2D eigenvalue weighted by Gasteiger charge is 2.33. The minimum atomic E-state index is -0.879. The molecule has 3 rings (SSSR count). The monoisotopic (exact) mass is 498 g/mol. The Morgan fingerprint density at radius 1 is 1.08 bits per heavy atom. The minimum absolute atomic E-state index is 0.0347. The zero-order valence-corrected chi connectivity index (χ0v) is 20.5. The van der Waals surface area contributed by atoms with Crippen molar-refractivity contribution in [2.24, 2.45) is 0 Å². The molecule has 0 aliphatic carbocycles. The van der Waals surface area contributed by atoms with Crippen LogP contribution in [0.25, 0.3) is 0 Å². The van der Waals surface area contributed by atoms with Gasteiger partial charge in [-0.1, -0.05) is 17.3 Å². The third kappa shape index (κ3) is 5.59. The summed E-state index contributed by atoms with van der Waals surface area (Å²) in [5, 5.41) is 19.7. The highest BCUT2D eigenvalue weighted by Crippen LogP contribution is 2.36. The summed E-state index contributed by atoms with van der Waals surface area (Å²) in [4.78, 5) is 37.5. The molecule has 36 heavy (non-hydrogen) atoms.